The normalized spacial score (nSPS) is 32.7. The van der Waals surface area contributed by atoms with Gasteiger partial charge in [-0.25, -0.2) is 4.79 Å². The van der Waals surface area contributed by atoms with Gasteiger partial charge in [-0.15, -0.1) is 22.7 Å². The minimum Gasteiger partial charge on any atom is -0.439 e. The summed E-state index contributed by atoms with van der Waals surface area (Å²) in [5.74, 6) is 0.525. The van der Waals surface area contributed by atoms with Crippen LogP contribution >= 0.6 is 22.7 Å². The highest BCUT2D eigenvalue weighted by Crippen LogP contribution is 2.44. The van der Waals surface area contributed by atoms with E-state index in [1.807, 2.05) is 4.90 Å². The molecule has 23 heavy (non-hydrogen) atoms. The molecule has 0 aliphatic carbocycles. The minimum atomic E-state index is -0.279. The number of fused-ring (bicyclic) bond motifs is 2. The number of carbonyl (C=O) groups is 1. The van der Waals surface area contributed by atoms with Crippen molar-refractivity contribution >= 4 is 34.5 Å². The van der Waals surface area contributed by atoms with E-state index < -0.39 is 0 Å². The fourth-order valence-electron chi connectivity index (χ4n) is 4.23. The average molecular weight is 346 g/mol. The van der Waals surface area contributed by atoms with Crippen molar-refractivity contribution in [3.63, 3.8) is 0 Å². The van der Waals surface area contributed by atoms with Crippen molar-refractivity contribution in [1.82, 2.24) is 4.90 Å². The first-order valence-electron chi connectivity index (χ1n) is 8.09. The molecule has 4 nitrogen and oxygen atoms in total. The van der Waals surface area contributed by atoms with Gasteiger partial charge in [-0.1, -0.05) is 6.07 Å². The molecule has 2 aromatic heterocycles. The van der Waals surface area contributed by atoms with Crippen LogP contribution in [0.25, 0.3) is 9.75 Å². The Hall–Kier alpha value is -1.37. The second-order valence-corrected chi connectivity index (χ2v) is 8.57. The van der Waals surface area contributed by atoms with Gasteiger partial charge in [0.15, 0.2) is 0 Å². The van der Waals surface area contributed by atoms with Crippen molar-refractivity contribution in [2.45, 2.75) is 18.4 Å². The molecule has 6 heteroatoms. The lowest BCUT2D eigenvalue weighted by atomic mass is 9.75. The number of anilines is 1. The summed E-state index contributed by atoms with van der Waals surface area (Å²) in [7, 11) is 0. The molecule has 1 unspecified atom stereocenters. The molecule has 1 atom stereocenters. The molecule has 4 fully saturated rings. The predicted octanol–water partition coefficient (Wildman–Crippen LogP) is 3.90. The number of hydrogen-bond acceptors (Lipinski definition) is 5. The summed E-state index contributed by atoms with van der Waals surface area (Å²) < 4.78 is 5.94. The molecule has 6 heterocycles. The van der Waals surface area contributed by atoms with Crippen molar-refractivity contribution < 1.29 is 9.53 Å². The van der Waals surface area contributed by atoms with Crippen LogP contribution in [0.3, 0.4) is 0 Å². The second kappa shape index (κ2) is 5.06. The van der Waals surface area contributed by atoms with E-state index >= 15 is 0 Å². The van der Waals surface area contributed by atoms with Crippen molar-refractivity contribution in [3.8, 4) is 9.75 Å². The Morgan fingerprint density at radius 3 is 2.74 bits per heavy atom. The van der Waals surface area contributed by atoms with E-state index in [1.54, 1.807) is 22.7 Å². The Bertz CT molecular complexity index is 734. The summed E-state index contributed by atoms with van der Waals surface area (Å²) in [4.78, 5) is 19.3. The molecule has 2 aromatic rings. The molecular weight excluding hydrogens is 328 g/mol. The number of rotatable bonds is 2. The first-order chi connectivity index (χ1) is 11.2. The summed E-state index contributed by atoms with van der Waals surface area (Å²) in [5, 5.41) is 4.16. The molecule has 2 bridgehead atoms. The van der Waals surface area contributed by atoms with E-state index in [4.69, 9.17) is 4.74 Å². The van der Waals surface area contributed by atoms with Crippen LogP contribution in [-0.2, 0) is 4.74 Å². The smallest absolute Gasteiger partial charge is 0.415 e. The molecule has 4 aliphatic rings. The first-order valence-corrected chi connectivity index (χ1v) is 9.85. The highest BCUT2D eigenvalue weighted by atomic mass is 32.1. The van der Waals surface area contributed by atoms with Crippen LogP contribution in [0.1, 0.15) is 12.8 Å². The van der Waals surface area contributed by atoms with Gasteiger partial charge in [-0.05, 0) is 43.4 Å². The number of ether oxygens (including phenoxy) is 1. The molecular formula is C17H18N2O2S2. The molecule has 0 radical (unpaired) electrons. The van der Waals surface area contributed by atoms with Gasteiger partial charge in [-0.3, -0.25) is 9.80 Å². The summed E-state index contributed by atoms with van der Waals surface area (Å²) >= 11 is 3.43. The molecule has 4 saturated heterocycles. The number of thiophene rings is 2. The number of amides is 1. The standard InChI is InChI=1S/C17H18N2O2S2/c20-16-19(13-8-15(23-9-13)14-2-1-7-22-14)11-17(21-16)10-18-5-3-12(17)4-6-18/h1-2,7-9,12H,3-6,10-11H2. The molecule has 4 aliphatic heterocycles. The van der Waals surface area contributed by atoms with E-state index in [-0.39, 0.29) is 11.7 Å². The Morgan fingerprint density at radius 1 is 1.17 bits per heavy atom. The van der Waals surface area contributed by atoms with Crippen LogP contribution in [-0.4, -0.2) is 42.8 Å². The third-order valence-electron chi connectivity index (χ3n) is 5.42. The summed E-state index contributed by atoms with van der Waals surface area (Å²) in [6.07, 6.45) is 2.14. The third kappa shape index (κ3) is 2.16. The maximum atomic E-state index is 12.5. The van der Waals surface area contributed by atoms with E-state index in [0.29, 0.717) is 12.5 Å². The van der Waals surface area contributed by atoms with Gasteiger partial charge < -0.3 is 4.74 Å². The van der Waals surface area contributed by atoms with Gasteiger partial charge in [0.2, 0.25) is 0 Å². The van der Waals surface area contributed by atoms with E-state index in [1.165, 1.54) is 9.75 Å². The van der Waals surface area contributed by atoms with E-state index in [0.717, 1.165) is 38.2 Å². The largest absolute Gasteiger partial charge is 0.439 e. The second-order valence-electron chi connectivity index (χ2n) is 6.72. The van der Waals surface area contributed by atoms with Crippen molar-refractivity contribution in [1.29, 1.82) is 0 Å². The third-order valence-corrected chi connectivity index (χ3v) is 7.40. The van der Waals surface area contributed by atoms with Crippen molar-refractivity contribution in [2.75, 3.05) is 31.1 Å². The predicted molar refractivity (Wildman–Crippen MR) is 93.4 cm³/mol. The van der Waals surface area contributed by atoms with E-state index in [9.17, 15) is 4.79 Å². The quantitative estimate of drug-likeness (QED) is 0.827. The van der Waals surface area contributed by atoms with Crippen LogP contribution in [0.4, 0.5) is 10.5 Å². The minimum absolute atomic E-state index is 0.172. The zero-order valence-electron chi connectivity index (χ0n) is 12.7. The average Bonchev–Trinajstić information content (AvgIpc) is 3.28. The van der Waals surface area contributed by atoms with Gasteiger partial charge >= 0.3 is 6.09 Å². The summed E-state index contributed by atoms with van der Waals surface area (Å²) in [6, 6.07) is 6.31. The maximum Gasteiger partial charge on any atom is 0.415 e. The number of carbonyl (C=O) groups excluding carboxylic acids is 1. The van der Waals surface area contributed by atoms with Crippen LogP contribution < -0.4 is 4.90 Å². The number of nitrogens with zero attached hydrogens (tertiary/aromatic N) is 2. The van der Waals surface area contributed by atoms with Gasteiger partial charge in [0.1, 0.15) is 5.60 Å². The van der Waals surface area contributed by atoms with Gasteiger partial charge in [0, 0.05) is 27.6 Å². The number of piperidine rings is 3. The highest BCUT2D eigenvalue weighted by molar-refractivity contribution is 7.20. The van der Waals surface area contributed by atoms with Crippen molar-refractivity contribution in [3.05, 3.63) is 29.0 Å². The fraction of sp³-hybridized carbons (Fsp3) is 0.471. The maximum absolute atomic E-state index is 12.5. The monoisotopic (exact) mass is 346 g/mol. The molecule has 120 valence electrons. The van der Waals surface area contributed by atoms with Gasteiger partial charge in [0.05, 0.1) is 12.2 Å². The first kappa shape index (κ1) is 14.0. The van der Waals surface area contributed by atoms with Gasteiger partial charge in [0.25, 0.3) is 0 Å². The highest BCUT2D eigenvalue weighted by Gasteiger charge is 2.55. The molecule has 0 aromatic carbocycles. The zero-order chi connectivity index (χ0) is 15.4. The SMILES string of the molecule is O=C1OC2(CN3CCC2CC3)CN1c1csc(-c2cccs2)c1. The summed E-state index contributed by atoms with van der Waals surface area (Å²) in [5.41, 5.74) is 0.704. The topological polar surface area (TPSA) is 32.8 Å². The van der Waals surface area contributed by atoms with Gasteiger partial charge in [-0.2, -0.15) is 0 Å². The Kier molecular flexibility index (Phi) is 3.08. The molecule has 0 N–H and O–H groups in total. The van der Waals surface area contributed by atoms with Crippen LogP contribution in [0.5, 0.6) is 0 Å². The lowest BCUT2D eigenvalue weighted by molar-refractivity contribution is -0.0881. The number of hydrogen-bond donors (Lipinski definition) is 0. The zero-order valence-corrected chi connectivity index (χ0v) is 14.4. The van der Waals surface area contributed by atoms with E-state index in [2.05, 4.69) is 33.9 Å². The van der Waals surface area contributed by atoms with Crippen LogP contribution in [0.15, 0.2) is 29.0 Å². The molecule has 1 spiro atoms. The summed E-state index contributed by atoms with van der Waals surface area (Å²) in [6.45, 7) is 3.92. The lowest BCUT2D eigenvalue weighted by Gasteiger charge is -2.49. The van der Waals surface area contributed by atoms with Crippen LogP contribution in [0, 0.1) is 5.92 Å². The van der Waals surface area contributed by atoms with Crippen LogP contribution in [0.2, 0.25) is 0 Å². The Morgan fingerprint density at radius 2 is 2.04 bits per heavy atom. The molecule has 0 saturated carbocycles. The molecule has 1 amide bonds. The lowest BCUT2D eigenvalue weighted by Crippen LogP contribution is -2.61. The Labute approximate surface area is 143 Å². The van der Waals surface area contributed by atoms with Crippen molar-refractivity contribution in [2.24, 2.45) is 5.92 Å². The fourth-order valence-corrected chi connectivity index (χ4v) is 5.97. The molecule has 6 rings (SSSR count). The Balaban J connectivity index is 1.43.